The first-order chi connectivity index (χ1) is 9.92. The highest BCUT2D eigenvalue weighted by Gasteiger charge is 2.38. The van der Waals surface area contributed by atoms with Gasteiger partial charge >= 0.3 is 13.1 Å². The Labute approximate surface area is 129 Å². The van der Waals surface area contributed by atoms with Crippen LogP contribution in [0, 0.1) is 0 Å². The van der Waals surface area contributed by atoms with Gasteiger partial charge in [-0.2, -0.15) is 0 Å². The van der Waals surface area contributed by atoms with Gasteiger partial charge in [-0.3, -0.25) is 4.79 Å². The average molecular weight is 313 g/mol. The minimum atomic E-state index is -1.12. The maximum Gasteiger partial charge on any atom is 0.492 e. The molecule has 2 rings (SSSR count). The molecule has 1 atom stereocenters. The SMILES string of the molecule is CCOC(=O)CC1OB(O)c2cc(OC(C)C)cc(Cl)c21. The predicted molar refractivity (Wildman–Crippen MR) is 79.9 cm³/mol. The summed E-state index contributed by atoms with van der Waals surface area (Å²) < 4.78 is 15.9. The zero-order chi connectivity index (χ0) is 15.6. The zero-order valence-electron chi connectivity index (χ0n) is 12.3. The van der Waals surface area contributed by atoms with E-state index in [2.05, 4.69) is 0 Å². The van der Waals surface area contributed by atoms with Gasteiger partial charge in [0, 0.05) is 5.02 Å². The molecule has 1 N–H and O–H groups in total. The third kappa shape index (κ3) is 3.70. The van der Waals surface area contributed by atoms with Crippen molar-refractivity contribution in [3.05, 3.63) is 22.7 Å². The van der Waals surface area contributed by atoms with E-state index in [9.17, 15) is 9.82 Å². The number of ether oxygens (including phenoxy) is 2. The van der Waals surface area contributed by atoms with Gasteiger partial charge in [0.15, 0.2) is 0 Å². The van der Waals surface area contributed by atoms with E-state index in [1.54, 1.807) is 19.1 Å². The second-order valence-electron chi connectivity index (χ2n) is 5.06. The second-order valence-corrected chi connectivity index (χ2v) is 5.47. The van der Waals surface area contributed by atoms with E-state index in [4.69, 9.17) is 25.7 Å². The fourth-order valence-electron chi connectivity index (χ4n) is 2.32. The molecule has 7 heteroatoms. The molecule has 1 aromatic rings. The number of halogens is 1. The summed E-state index contributed by atoms with van der Waals surface area (Å²) in [4.78, 5) is 11.6. The number of carbonyl (C=O) groups is 1. The maximum absolute atomic E-state index is 11.6. The summed E-state index contributed by atoms with van der Waals surface area (Å²) >= 11 is 6.26. The maximum atomic E-state index is 11.6. The highest BCUT2D eigenvalue weighted by molar-refractivity contribution is 6.62. The lowest BCUT2D eigenvalue weighted by Gasteiger charge is -2.14. The molecule has 1 aliphatic rings. The van der Waals surface area contributed by atoms with Gasteiger partial charge in [-0.25, -0.2) is 0 Å². The summed E-state index contributed by atoms with van der Waals surface area (Å²) in [7, 11) is -1.12. The molecular formula is C14H18BClO5. The van der Waals surface area contributed by atoms with Gasteiger partial charge in [-0.15, -0.1) is 0 Å². The smallest absolute Gasteiger partial charge is 0.491 e. The van der Waals surface area contributed by atoms with Crippen LogP contribution in [0.2, 0.25) is 5.02 Å². The molecule has 0 aliphatic carbocycles. The lowest BCUT2D eigenvalue weighted by molar-refractivity contribution is -0.145. The van der Waals surface area contributed by atoms with Crippen molar-refractivity contribution >= 4 is 30.2 Å². The minimum Gasteiger partial charge on any atom is -0.491 e. The number of esters is 1. The van der Waals surface area contributed by atoms with Crippen LogP contribution in [0.25, 0.3) is 0 Å². The Morgan fingerprint density at radius 1 is 1.52 bits per heavy atom. The van der Waals surface area contributed by atoms with Crippen LogP contribution in [-0.2, 0) is 14.2 Å². The number of benzene rings is 1. The molecule has 0 bridgehead atoms. The van der Waals surface area contributed by atoms with Crippen molar-refractivity contribution < 1.29 is 23.9 Å². The Kier molecular flexibility index (Phi) is 5.14. The minimum absolute atomic E-state index is 0.00564. The van der Waals surface area contributed by atoms with Crippen LogP contribution in [0.15, 0.2) is 12.1 Å². The first kappa shape index (κ1) is 16.1. The molecule has 21 heavy (non-hydrogen) atoms. The lowest BCUT2D eigenvalue weighted by atomic mass is 9.79. The van der Waals surface area contributed by atoms with Crippen LogP contribution in [0.3, 0.4) is 0 Å². The van der Waals surface area contributed by atoms with Crippen LogP contribution < -0.4 is 10.2 Å². The molecule has 1 aromatic carbocycles. The molecule has 0 aromatic heterocycles. The summed E-state index contributed by atoms with van der Waals surface area (Å²) in [5, 5.41) is 10.4. The van der Waals surface area contributed by atoms with Crippen LogP contribution in [0.5, 0.6) is 5.75 Å². The third-order valence-corrected chi connectivity index (χ3v) is 3.36. The Hall–Kier alpha value is -1.24. The first-order valence-corrected chi connectivity index (χ1v) is 7.29. The monoisotopic (exact) mass is 312 g/mol. The van der Waals surface area contributed by atoms with Crippen LogP contribution in [-0.4, -0.2) is 30.8 Å². The Bertz CT molecular complexity index is 534. The normalized spacial score (nSPS) is 17.0. The van der Waals surface area contributed by atoms with Crippen molar-refractivity contribution in [1.29, 1.82) is 0 Å². The molecular weight excluding hydrogens is 294 g/mol. The van der Waals surface area contributed by atoms with Crippen molar-refractivity contribution in [3.8, 4) is 5.75 Å². The molecule has 0 radical (unpaired) electrons. The van der Waals surface area contributed by atoms with Crippen molar-refractivity contribution in [1.82, 2.24) is 0 Å². The standard InChI is InChI=1S/C14H18BClO5/c1-4-19-13(17)7-12-14-10(15(18)21-12)5-9(6-11(14)16)20-8(2)3/h5-6,8,12,18H,4,7H2,1-3H3. The van der Waals surface area contributed by atoms with Crippen LogP contribution in [0.1, 0.15) is 38.9 Å². The number of hydrogen-bond donors (Lipinski definition) is 1. The van der Waals surface area contributed by atoms with Crippen LogP contribution in [0.4, 0.5) is 0 Å². The highest BCUT2D eigenvalue weighted by Crippen LogP contribution is 2.35. The molecule has 0 saturated carbocycles. The molecule has 0 saturated heterocycles. The summed E-state index contributed by atoms with van der Waals surface area (Å²) in [6, 6.07) is 3.36. The topological polar surface area (TPSA) is 65.0 Å². The van der Waals surface area contributed by atoms with E-state index in [0.29, 0.717) is 28.4 Å². The number of fused-ring (bicyclic) bond motifs is 1. The van der Waals surface area contributed by atoms with Crippen LogP contribution >= 0.6 is 11.6 Å². The highest BCUT2D eigenvalue weighted by atomic mass is 35.5. The molecule has 114 valence electrons. The number of hydrogen-bond acceptors (Lipinski definition) is 5. The summed E-state index contributed by atoms with van der Waals surface area (Å²) in [5.41, 5.74) is 1.15. The summed E-state index contributed by atoms with van der Waals surface area (Å²) in [5.74, 6) is 0.175. The van der Waals surface area contributed by atoms with E-state index < -0.39 is 13.2 Å². The fraction of sp³-hybridized carbons (Fsp3) is 0.500. The molecule has 1 unspecified atom stereocenters. The Balaban J connectivity index is 2.26. The van der Waals surface area contributed by atoms with Crippen molar-refractivity contribution in [2.45, 2.75) is 39.4 Å². The molecule has 0 fully saturated rings. The molecule has 0 spiro atoms. The van der Waals surface area contributed by atoms with Gasteiger partial charge in [0.25, 0.3) is 0 Å². The molecule has 1 aliphatic heterocycles. The predicted octanol–water partition coefficient (Wildman–Crippen LogP) is 1.84. The second kappa shape index (κ2) is 6.68. The molecule has 1 heterocycles. The van der Waals surface area contributed by atoms with Gasteiger partial charge < -0.3 is 19.2 Å². The first-order valence-electron chi connectivity index (χ1n) is 6.91. The van der Waals surface area contributed by atoms with E-state index in [-0.39, 0.29) is 18.5 Å². The van der Waals surface area contributed by atoms with Gasteiger partial charge in [-0.05, 0) is 43.9 Å². The lowest BCUT2D eigenvalue weighted by Crippen LogP contribution is -2.28. The quantitative estimate of drug-likeness (QED) is 0.664. The summed E-state index contributed by atoms with van der Waals surface area (Å²) in [6.07, 6.45) is -0.592. The number of carbonyl (C=O) groups excluding carboxylic acids is 1. The third-order valence-electron chi connectivity index (χ3n) is 3.05. The Morgan fingerprint density at radius 2 is 2.24 bits per heavy atom. The van der Waals surface area contributed by atoms with Gasteiger partial charge in [0.05, 0.1) is 25.2 Å². The summed E-state index contributed by atoms with van der Waals surface area (Å²) in [6.45, 7) is 5.84. The van der Waals surface area contributed by atoms with E-state index >= 15 is 0 Å². The largest absolute Gasteiger partial charge is 0.492 e. The van der Waals surface area contributed by atoms with Crippen molar-refractivity contribution in [2.24, 2.45) is 0 Å². The fourth-order valence-corrected chi connectivity index (χ4v) is 2.65. The van der Waals surface area contributed by atoms with Gasteiger partial charge in [0.1, 0.15) is 5.75 Å². The Morgan fingerprint density at radius 3 is 2.86 bits per heavy atom. The number of rotatable bonds is 5. The average Bonchev–Trinajstić information content (AvgIpc) is 2.65. The van der Waals surface area contributed by atoms with Crippen molar-refractivity contribution in [2.75, 3.05) is 6.61 Å². The zero-order valence-corrected chi connectivity index (χ0v) is 13.0. The van der Waals surface area contributed by atoms with Gasteiger partial charge in [0.2, 0.25) is 0 Å². The molecule has 5 nitrogen and oxygen atoms in total. The molecule has 0 amide bonds. The van der Waals surface area contributed by atoms with E-state index in [0.717, 1.165) is 0 Å². The van der Waals surface area contributed by atoms with Crippen molar-refractivity contribution in [3.63, 3.8) is 0 Å². The van der Waals surface area contributed by atoms with E-state index in [1.807, 2.05) is 13.8 Å². The van der Waals surface area contributed by atoms with Gasteiger partial charge in [-0.1, -0.05) is 11.6 Å². The van der Waals surface area contributed by atoms with E-state index in [1.165, 1.54) is 0 Å².